The Morgan fingerprint density at radius 2 is 1.87 bits per heavy atom. The number of alkyl halides is 1. The summed E-state index contributed by atoms with van der Waals surface area (Å²) in [5.41, 5.74) is 1.67. The monoisotopic (exact) mass is 446 g/mol. The summed E-state index contributed by atoms with van der Waals surface area (Å²) < 4.78 is 28.6. The molecule has 3 rings (SSSR count). The van der Waals surface area contributed by atoms with E-state index in [9.17, 15) is 18.5 Å². The number of benzene rings is 1. The van der Waals surface area contributed by atoms with Crippen LogP contribution in [0.4, 0.5) is 5.69 Å². The number of hydrogen-bond acceptors (Lipinski definition) is 6. The number of nitrogens with one attached hydrogen (secondary N) is 1. The quantitative estimate of drug-likeness (QED) is 0.319. The van der Waals surface area contributed by atoms with E-state index in [1.165, 1.54) is 12.1 Å². The minimum atomic E-state index is -3.96. The van der Waals surface area contributed by atoms with Crippen molar-refractivity contribution in [2.24, 2.45) is 0 Å². The van der Waals surface area contributed by atoms with Crippen LogP contribution in [0.15, 0.2) is 59.6 Å². The predicted molar refractivity (Wildman–Crippen MR) is 114 cm³/mol. The molecule has 8 nitrogen and oxygen atoms in total. The first-order valence-electron chi connectivity index (χ1n) is 9.09. The van der Waals surface area contributed by atoms with E-state index in [-0.39, 0.29) is 35.0 Å². The van der Waals surface area contributed by atoms with Crippen molar-refractivity contribution < 1.29 is 13.3 Å². The average Bonchev–Trinajstić information content (AvgIpc) is 2.77. The molecule has 0 saturated carbocycles. The van der Waals surface area contributed by atoms with Gasteiger partial charge in [-0.05, 0) is 42.3 Å². The van der Waals surface area contributed by atoms with Gasteiger partial charge in [0.05, 0.1) is 44.9 Å². The van der Waals surface area contributed by atoms with Crippen LogP contribution >= 0.6 is 11.6 Å². The Kier molecular flexibility index (Phi) is 6.76. The predicted octanol–water partition coefficient (Wildman–Crippen LogP) is 3.83. The Balaban J connectivity index is 2.13. The highest BCUT2D eigenvalue weighted by Crippen LogP contribution is 2.36. The van der Waals surface area contributed by atoms with Gasteiger partial charge in [0.2, 0.25) is 10.0 Å². The lowest BCUT2D eigenvalue weighted by molar-refractivity contribution is -0.384. The van der Waals surface area contributed by atoms with Gasteiger partial charge in [-0.15, -0.1) is 11.6 Å². The van der Waals surface area contributed by atoms with Gasteiger partial charge in [-0.1, -0.05) is 19.1 Å². The van der Waals surface area contributed by atoms with Gasteiger partial charge in [0.25, 0.3) is 5.69 Å². The second-order valence-electron chi connectivity index (χ2n) is 6.34. The molecule has 1 N–H and O–H groups in total. The molecule has 0 atom stereocenters. The number of nitro benzene ring substituents is 1. The van der Waals surface area contributed by atoms with Crippen molar-refractivity contribution >= 4 is 27.3 Å². The molecule has 2 aromatic heterocycles. The number of nitro groups is 1. The standard InChI is InChI=1S/C20H19ClN4O4S/c1-2-16-19(30(28,29)23-13-15-6-3-4-11-22-15)10-9-18(25(26)27)20(16)17-8-5-7-14(12-21)24-17/h3-11,23H,2,12-13H2,1H3. The highest BCUT2D eigenvalue weighted by molar-refractivity contribution is 7.89. The van der Waals surface area contributed by atoms with Crippen molar-refractivity contribution in [1.82, 2.24) is 14.7 Å². The summed E-state index contributed by atoms with van der Waals surface area (Å²) in [4.78, 5) is 19.6. The average molecular weight is 447 g/mol. The molecule has 30 heavy (non-hydrogen) atoms. The van der Waals surface area contributed by atoms with E-state index in [2.05, 4.69) is 14.7 Å². The fraction of sp³-hybridized carbons (Fsp3) is 0.200. The smallest absolute Gasteiger partial charge is 0.260 e. The first-order chi connectivity index (χ1) is 14.4. The number of sulfonamides is 1. The molecule has 0 saturated heterocycles. The number of aromatic nitrogens is 2. The zero-order valence-corrected chi connectivity index (χ0v) is 17.7. The van der Waals surface area contributed by atoms with Crippen LogP contribution in [0.5, 0.6) is 0 Å². The zero-order chi connectivity index (χ0) is 21.7. The van der Waals surface area contributed by atoms with E-state index in [1.54, 1.807) is 49.5 Å². The minimum Gasteiger partial charge on any atom is -0.260 e. The summed E-state index contributed by atoms with van der Waals surface area (Å²) in [6.07, 6.45) is 1.82. The third-order valence-electron chi connectivity index (χ3n) is 4.46. The molecule has 0 aliphatic heterocycles. The van der Waals surface area contributed by atoms with Crippen molar-refractivity contribution in [3.05, 3.63) is 81.8 Å². The number of pyridine rings is 2. The topological polar surface area (TPSA) is 115 Å². The van der Waals surface area contributed by atoms with E-state index < -0.39 is 14.9 Å². The molecular formula is C20H19ClN4O4S. The van der Waals surface area contributed by atoms with Crippen LogP contribution in [0.25, 0.3) is 11.3 Å². The number of halogens is 1. The Morgan fingerprint density at radius 1 is 1.10 bits per heavy atom. The van der Waals surface area contributed by atoms with Crippen molar-refractivity contribution in [2.75, 3.05) is 0 Å². The second-order valence-corrected chi connectivity index (χ2v) is 8.34. The summed E-state index contributed by atoms with van der Waals surface area (Å²) in [5, 5.41) is 11.7. The summed E-state index contributed by atoms with van der Waals surface area (Å²) >= 11 is 5.86. The summed E-state index contributed by atoms with van der Waals surface area (Å²) in [6, 6.07) is 12.6. The molecule has 156 valence electrons. The number of nitrogens with zero attached hydrogens (tertiary/aromatic N) is 3. The van der Waals surface area contributed by atoms with Crippen molar-refractivity contribution in [2.45, 2.75) is 30.7 Å². The SMILES string of the molecule is CCc1c(S(=O)(=O)NCc2ccccn2)ccc([N+](=O)[O-])c1-c1cccc(CCl)n1. The van der Waals surface area contributed by atoms with Gasteiger partial charge in [0.15, 0.2) is 0 Å². The third kappa shape index (κ3) is 4.64. The Hall–Kier alpha value is -2.88. The molecule has 0 spiro atoms. The largest absolute Gasteiger partial charge is 0.279 e. The lowest BCUT2D eigenvalue weighted by Gasteiger charge is -2.15. The lowest BCUT2D eigenvalue weighted by Crippen LogP contribution is -2.25. The Morgan fingerprint density at radius 3 is 2.50 bits per heavy atom. The van der Waals surface area contributed by atoms with Crippen LogP contribution < -0.4 is 4.72 Å². The van der Waals surface area contributed by atoms with E-state index in [0.29, 0.717) is 22.6 Å². The molecule has 0 bridgehead atoms. The summed E-state index contributed by atoms with van der Waals surface area (Å²) in [7, 11) is -3.96. The van der Waals surface area contributed by atoms with Gasteiger partial charge >= 0.3 is 0 Å². The van der Waals surface area contributed by atoms with E-state index in [1.807, 2.05) is 0 Å². The van der Waals surface area contributed by atoms with Gasteiger partial charge in [-0.2, -0.15) is 0 Å². The number of rotatable bonds is 8. The lowest BCUT2D eigenvalue weighted by atomic mass is 9.99. The molecule has 2 heterocycles. The molecule has 0 aliphatic carbocycles. The number of hydrogen-bond donors (Lipinski definition) is 1. The van der Waals surface area contributed by atoms with Gasteiger partial charge in [-0.25, -0.2) is 13.1 Å². The van der Waals surface area contributed by atoms with Crippen LogP contribution in [-0.2, 0) is 28.9 Å². The first-order valence-corrected chi connectivity index (χ1v) is 11.1. The van der Waals surface area contributed by atoms with Gasteiger partial charge in [0.1, 0.15) is 0 Å². The van der Waals surface area contributed by atoms with E-state index in [4.69, 9.17) is 11.6 Å². The first kappa shape index (κ1) is 21.8. The molecule has 0 amide bonds. The van der Waals surface area contributed by atoms with Crippen LogP contribution in [0.2, 0.25) is 0 Å². The van der Waals surface area contributed by atoms with Gasteiger partial charge in [-0.3, -0.25) is 20.1 Å². The van der Waals surface area contributed by atoms with Crippen molar-refractivity contribution in [3.63, 3.8) is 0 Å². The van der Waals surface area contributed by atoms with Crippen LogP contribution in [-0.4, -0.2) is 23.3 Å². The molecular weight excluding hydrogens is 428 g/mol. The maximum atomic E-state index is 13.0. The molecule has 0 radical (unpaired) electrons. The van der Waals surface area contributed by atoms with Crippen molar-refractivity contribution in [1.29, 1.82) is 0 Å². The summed E-state index contributed by atoms with van der Waals surface area (Å²) in [6.45, 7) is 1.74. The van der Waals surface area contributed by atoms with Gasteiger partial charge < -0.3 is 0 Å². The summed E-state index contributed by atoms with van der Waals surface area (Å²) in [5.74, 6) is 0.132. The van der Waals surface area contributed by atoms with E-state index in [0.717, 1.165) is 0 Å². The maximum Gasteiger partial charge on any atom is 0.279 e. The normalized spacial score (nSPS) is 11.4. The van der Waals surface area contributed by atoms with Crippen LogP contribution in [0, 0.1) is 10.1 Å². The molecule has 0 aliphatic rings. The molecule has 1 aromatic carbocycles. The van der Waals surface area contributed by atoms with Crippen LogP contribution in [0.1, 0.15) is 23.9 Å². The Labute approximate surface area is 179 Å². The highest BCUT2D eigenvalue weighted by Gasteiger charge is 2.27. The molecule has 10 heteroatoms. The second kappa shape index (κ2) is 9.29. The highest BCUT2D eigenvalue weighted by atomic mass is 35.5. The van der Waals surface area contributed by atoms with Crippen molar-refractivity contribution in [3.8, 4) is 11.3 Å². The molecule has 0 unspecified atom stereocenters. The fourth-order valence-electron chi connectivity index (χ4n) is 3.10. The minimum absolute atomic E-state index is 0.00136. The van der Waals surface area contributed by atoms with E-state index >= 15 is 0 Å². The Bertz CT molecular complexity index is 1170. The van der Waals surface area contributed by atoms with Crippen LogP contribution in [0.3, 0.4) is 0 Å². The van der Waals surface area contributed by atoms with Gasteiger partial charge in [0, 0.05) is 12.3 Å². The molecule has 3 aromatic rings. The zero-order valence-electron chi connectivity index (χ0n) is 16.1. The fourth-order valence-corrected chi connectivity index (χ4v) is 4.56. The third-order valence-corrected chi connectivity index (χ3v) is 6.22. The maximum absolute atomic E-state index is 13.0. The molecule has 0 fully saturated rings.